The number of methoxy groups -OCH3 is 2. The van der Waals surface area contributed by atoms with Crippen molar-refractivity contribution in [2.75, 3.05) is 14.2 Å². The lowest BCUT2D eigenvalue weighted by Gasteiger charge is -2.48. The highest BCUT2D eigenvalue weighted by Crippen LogP contribution is 2.49. The highest BCUT2D eigenvalue weighted by atomic mass is 17.2. The molecule has 0 aliphatic heterocycles. The summed E-state index contributed by atoms with van der Waals surface area (Å²) in [5.74, 6) is 0. The van der Waals surface area contributed by atoms with Crippen LogP contribution in [0.1, 0.15) is 152 Å². The van der Waals surface area contributed by atoms with E-state index >= 15 is 0 Å². The average Bonchev–Trinajstić information content (AvgIpc) is 2.96. The maximum absolute atomic E-state index is 6.63. The van der Waals surface area contributed by atoms with E-state index in [9.17, 15) is 0 Å². The van der Waals surface area contributed by atoms with Gasteiger partial charge in [0.05, 0.1) is 34.2 Å². The Morgan fingerprint density at radius 2 is 0.558 bits per heavy atom. The third-order valence-electron chi connectivity index (χ3n) is 7.30. The molecule has 0 radical (unpaired) electrons. The van der Waals surface area contributed by atoms with Crippen molar-refractivity contribution >= 4 is 0 Å². The zero-order chi connectivity index (χ0) is 41.5. The second kappa shape index (κ2) is 17.3. The monoisotopic (exact) mass is 739 g/mol. The number of nitrogens with zero attached hydrogens (tertiary/aromatic N) is 12. The predicted molar refractivity (Wildman–Crippen MR) is 205 cm³/mol. The summed E-state index contributed by atoms with van der Waals surface area (Å²) in [5, 5.41) is 56.8. The van der Waals surface area contributed by atoms with Crippen molar-refractivity contribution in [1.29, 1.82) is 0 Å². The van der Waals surface area contributed by atoms with Gasteiger partial charge < -0.3 is 9.47 Å². The Balaban J connectivity index is 8.79. The molecule has 4 atom stereocenters. The maximum atomic E-state index is 6.63. The molecule has 16 nitrogen and oxygen atoms in total. The van der Waals surface area contributed by atoms with E-state index in [0.717, 1.165) is 0 Å². The van der Waals surface area contributed by atoms with Gasteiger partial charge in [-0.05, 0) is 152 Å². The Hall–Kier alpha value is -2.56. The van der Waals surface area contributed by atoms with Crippen molar-refractivity contribution in [2.24, 2.45) is 61.4 Å². The number of hydrogen-bond acceptors (Lipinski definition) is 16. The van der Waals surface area contributed by atoms with E-state index < -0.39 is 56.1 Å². The summed E-state index contributed by atoms with van der Waals surface area (Å²) in [5.41, 5.74) is -12.7. The average molecular weight is 739 g/mol. The molecule has 0 spiro atoms. The molecule has 0 aromatic heterocycles. The second-order valence-corrected chi connectivity index (χ2v) is 19.0. The normalized spacial score (nSPS) is 20.0. The molecule has 0 amide bonds. The van der Waals surface area contributed by atoms with Gasteiger partial charge in [0.25, 0.3) is 22.8 Å². The van der Waals surface area contributed by atoms with Crippen LogP contribution in [0.15, 0.2) is 61.4 Å². The second-order valence-electron chi connectivity index (χ2n) is 19.0. The first-order chi connectivity index (χ1) is 23.0. The van der Waals surface area contributed by atoms with Gasteiger partial charge in [-0.1, -0.05) is 0 Å². The molecule has 0 heterocycles. The number of azo groups is 6. The minimum atomic E-state index is -1.94. The highest BCUT2D eigenvalue weighted by molar-refractivity contribution is 5.13. The fraction of sp³-hybridized carbons (Fsp3) is 1.00. The lowest BCUT2D eigenvalue weighted by Crippen LogP contribution is -2.66. The Kier molecular flexibility index (Phi) is 16.4. The van der Waals surface area contributed by atoms with Gasteiger partial charge in [-0.3, -0.25) is 0 Å². The lowest BCUT2D eigenvalue weighted by molar-refractivity contribution is -0.439. The van der Waals surface area contributed by atoms with Crippen LogP contribution in [0.5, 0.6) is 0 Å². The summed E-state index contributed by atoms with van der Waals surface area (Å²) in [4.78, 5) is 13.3. The van der Waals surface area contributed by atoms with Gasteiger partial charge in [0.2, 0.25) is 0 Å². The molecule has 4 unspecified atom stereocenters. The van der Waals surface area contributed by atoms with Crippen LogP contribution in [0.3, 0.4) is 0 Å². The van der Waals surface area contributed by atoms with Crippen molar-refractivity contribution < 1.29 is 19.2 Å². The standard InChI is InChI=1S/C36H74N12O4/c1-25(2)37-45-35(31(17,18)49-23,47-41-29(11,12)13)33(21,43-39-27(5,6)7)51-52-34(22,44-40-28(8,9)10)36(32(19,20)50-24,46-38-26(3)4)48-42-30(14,15)16/h25-26H,1-24H3. The predicted octanol–water partition coefficient (Wildman–Crippen LogP) is 11.3. The van der Waals surface area contributed by atoms with Crippen LogP contribution in [0.4, 0.5) is 0 Å². The van der Waals surface area contributed by atoms with Crippen LogP contribution in [-0.4, -0.2) is 82.4 Å². The number of hydrogen-bond donors (Lipinski definition) is 0. The van der Waals surface area contributed by atoms with Gasteiger partial charge in [-0.25, -0.2) is 0 Å². The third kappa shape index (κ3) is 13.7. The Morgan fingerprint density at radius 3 is 0.750 bits per heavy atom. The van der Waals surface area contributed by atoms with E-state index in [0.29, 0.717) is 0 Å². The fourth-order valence-electron chi connectivity index (χ4n) is 4.08. The van der Waals surface area contributed by atoms with E-state index in [1.807, 2.05) is 111 Å². The molecule has 0 bridgehead atoms. The van der Waals surface area contributed by atoms with E-state index in [1.165, 1.54) is 0 Å². The van der Waals surface area contributed by atoms with Crippen molar-refractivity contribution in [2.45, 2.75) is 221 Å². The summed E-state index contributed by atoms with van der Waals surface area (Å²) in [6, 6.07) is -0.478. The lowest BCUT2D eigenvalue weighted by atomic mass is 9.83. The molecule has 52 heavy (non-hydrogen) atoms. The van der Waals surface area contributed by atoms with Gasteiger partial charge in [-0.2, -0.15) is 60.9 Å². The van der Waals surface area contributed by atoms with Crippen LogP contribution in [0, 0.1) is 0 Å². The molecule has 0 rings (SSSR count). The molecule has 0 aromatic carbocycles. The smallest absolute Gasteiger partial charge is 0.271 e. The summed E-state index contributed by atoms with van der Waals surface area (Å²) in [6.45, 7) is 41.0. The maximum Gasteiger partial charge on any atom is 0.271 e. The number of rotatable bonds is 17. The zero-order valence-electron chi connectivity index (χ0n) is 37.2. The molecule has 0 aromatic rings. The van der Waals surface area contributed by atoms with Gasteiger partial charge in [-0.15, -0.1) is 10.2 Å². The first-order valence-electron chi connectivity index (χ1n) is 18.1. The Bertz CT molecular complexity index is 1210. The van der Waals surface area contributed by atoms with Crippen molar-refractivity contribution in [3.05, 3.63) is 0 Å². The van der Waals surface area contributed by atoms with Crippen LogP contribution in [0.25, 0.3) is 0 Å². The zero-order valence-corrected chi connectivity index (χ0v) is 37.2. The summed E-state index contributed by atoms with van der Waals surface area (Å²) in [6.07, 6.45) is 0. The van der Waals surface area contributed by atoms with Crippen molar-refractivity contribution in [3.63, 3.8) is 0 Å². The van der Waals surface area contributed by atoms with Crippen molar-refractivity contribution in [1.82, 2.24) is 0 Å². The molecule has 0 saturated carbocycles. The molecule has 0 aliphatic carbocycles. The highest BCUT2D eigenvalue weighted by Gasteiger charge is 2.68. The Labute approximate surface area is 315 Å². The summed E-state index contributed by atoms with van der Waals surface area (Å²) in [7, 11) is 3.09. The van der Waals surface area contributed by atoms with Crippen LogP contribution in [0.2, 0.25) is 0 Å². The van der Waals surface area contributed by atoms with E-state index in [2.05, 4.69) is 30.7 Å². The number of ether oxygens (including phenoxy) is 2. The van der Waals surface area contributed by atoms with Crippen LogP contribution >= 0.6 is 0 Å². The molecular weight excluding hydrogens is 664 g/mol. The first-order valence-corrected chi connectivity index (χ1v) is 18.1. The molecule has 0 fully saturated rings. The minimum absolute atomic E-state index is 0.239. The molecule has 0 aliphatic rings. The molecule has 302 valence electrons. The summed E-state index contributed by atoms with van der Waals surface area (Å²) >= 11 is 0. The molecule has 0 N–H and O–H groups in total. The Morgan fingerprint density at radius 1 is 0.327 bits per heavy atom. The van der Waals surface area contributed by atoms with Crippen LogP contribution in [-0.2, 0) is 19.2 Å². The van der Waals surface area contributed by atoms with E-state index in [4.69, 9.17) is 49.9 Å². The van der Waals surface area contributed by atoms with Gasteiger partial charge in [0.15, 0.2) is 0 Å². The SMILES string of the molecule is COC(C)(C)C(N=NC(C)C)(N=NC(C)(C)C)C(C)(N=NC(C)(C)C)OOC(C)(N=NC(C)(C)C)C(N=NC(C)C)(N=NC(C)(C)C)C(C)(C)OC. The quantitative estimate of drug-likeness (QED) is 0.0816. The molecular formula is C36H74N12O4. The fourth-order valence-corrected chi connectivity index (χ4v) is 4.08. The molecule has 0 saturated heterocycles. The summed E-state index contributed by atoms with van der Waals surface area (Å²) < 4.78 is 12.2. The topological polar surface area (TPSA) is 185 Å². The van der Waals surface area contributed by atoms with Gasteiger partial charge >= 0.3 is 0 Å². The van der Waals surface area contributed by atoms with Crippen molar-refractivity contribution in [3.8, 4) is 0 Å². The molecule has 16 heteroatoms. The third-order valence-corrected chi connectivity index (χ3v) is 7.30. The van der Waals surface area contributed by atoms with E-state index in [1.54, 1.807) is 55.8 Å². The minimum Gasteiger partial charge on any atom is -0.374 e. The first kappa shape index (κ1) is 49.4. The van der Waals surface area contributed by atoms with Gasteiger partial charge in [0.1, 0.15) is 11.2 Å². The largest absolute Gasteiger partial charge is 0.374 e. The van der Waals surface area contributed by atoms with Crippen LogP contribution < -0.4 is 0 Å². The van der Waals surface area contributed by atoms with E-state index in [-0.39, 0.29) is 12.1 Å². The van der Waals surface area contributed by atoms with Gasteiger partial charge in [0, 0.05) is 14.2 Å².